The Morgan fingerprint density at radius 3 is 2.95 bits per heavy atom. The van der Waals surface area contributed by atoms with E-state index in [0.717, 1.165) is 23.6 Å². The lowest BCUT2D eigenvalue weighted by molar-refractivity contribution is 0.414. The summed E-state index contributed by atoms with van der Waals surface area (Å²) in [5.74, 6) is 0.860. The van der Waals surface area contributed by atoms with E-state index >= 15 is 0 Å². The monoisotopic (exact) mass is 260 g/mol. The first-order valence-corrected chi connectivity index (χ1v) is 6.42. The van der Waals surface area contributed by atoms with E-state index in [0.29, 0.717) is 12.6 Å². The van der Waals surface area contributed by atoms with Crippen LogP contribution in [0, 0.1) is 0 Å². The molecule has 19 heavy (non-hydrogen) atoms. The molecule has 0 saturated carbocycles. The van der Waals surface area contributed by atoms with Gasteiger partial charge in [0.15, 0.2) is 0 Å². The van der Waals surface area contributed by atoms with Gasteiger partial charge in [-0.1, -0.05) is 31.2 Å². The van der Waals surface area contributed by atoms with E-state index in [-0.39, 0.29) is 0 Å². The number of nitrogens with one attached hydrogen (secondary N) is 1. The van der Waals surface area contributed by atoms with E-state index in [4.69, 9.17) is 4.74 Å². The molecule has 0 saturated heterocycles. The minimum absolute atomic E-state index is 0.448. The van der Waals surface area contributed by atoms with Crippen molar-refractivity contribution in [1.29, 1.82) is 0 Å². The summed E-state index contributed by atoms with van der Waals surface area (Å²) >= 11 is 0. The average molecular weight is 260 g/mol. The molecule has 0 aliphatic heterocycles. The fourth-order valence-electron chi connectivity index (χ4n) is 1.76. The smallest absolute Gasteiger partial charge is 0.119 e. The lowest BCUT2D eigenvalue weighted by atomic mass is 10.2. The summed E-state index contributed by atoms with van der Waals surface area (Å²) < 4.78 is 7.05. The molecule has 2 aromatic rings. The second-order valence-electron chi connectivity index (χ2n) is 4.79. The molecule has 0 spiro atoms. The van der Waals surface area contributed by atoms with Crippen LogP contribution in [-0.4, -0.2) is 28.1 Å². The van der Waals surface area contributed by atoms with Gasteiger partial charge in [-0.25, -0.2) is 4.68 Å². The molecule has 0 amide bonds. The number of ether oxygens (including phenoxy) is 1. The molecule has 1 aromatic heterocycles. The van der Waals surface area contributed by atoms with Crippen LogP contribution in [0.5, 0.6) is 5.75 Å². The number of rotatable bonds is 6. The number of methoxy groups -OCH3 is 1. The summed E-state index contributed by atoms with van der Waals surface area (Å²) in [6.45, 7) is 5.67. The molecule has 0 atom stereocenters. The number of hydrogen-bond donors (Lipinski definition) is 1. The van der Waals surface area contributed by atoms with Crippen molar-refractivity contribution in [2.75, 3.05) is 7.11 Å². The Hall–Kier alpha value is -1.88. The maximum absolute atomic E-state index is 5.21. The standard InChI is InChI=1S/C14H20N4O/c1-11(2)15-8-13-10-18(17-16-13)9-12-5-4-6-14(7-12)19-3/h4-7,10-11,15H,8-9H2,1-3H3. The van der Waals surface area contributed by atoms with Crippen molar-refractivity contribution >= 4 is 0 Å². The maximum atomic E-state index is 5.21. The maximum Gasteiger partial charge on any atom is 0.119 e. The Morgan fingerprint density at radius 1 is 1.37 bits per heavy atom. The van der Waals surface area contributed by atoms with Gasteiger partial charge in [0.1, 0.15) is 5.75 Å². The summed E-state index contributed by atoms with van der Waals surface area (Å²) in [4.78, 5) is 0. The third kappa shape index (κ3) is 4.06. The average Bonchev–Trinajstić information content (AvgIpc) is 2.84. The van der Waals surface area contributed by atoms with Crippen LogP contribution in [0.1, 0.15) is 25.1 Å². The van der Waals surface area contributed by atoms with Gasteiger partial charge in [0.2, 0.25) is 0 Å². The van der Waals surface area contributed by atoms with Crippen molar-refractivity contribution in [3.63, 3.8) is 0 Å². The Labute approximate surface area is 113 Å². The Morgan fingerprint density at radius 2 is 2.21 bits per heavy atom. The van der Waals surface area contributed by atoms with Gasteiger partial charge in [-0.2, -0.15) is 0 Å². The third-order valence-corrected chi connectivity index (χ3v) is 2.76. The highest BCUT2D eigenvalue weighted by Gasteiger charge is 2.03. The van der Waals surface area contributed by atoms with E-state index in [1.165, 1.54) is 0 Å². The van der Waals surface area contributed by atoms with Gasteiger partial charge in [-0.3, -0.25) is 0 Å². The molecule has 0 aliphatic carbocycles. The molecule has 0 aliphatic rings. The second-order valence-corrected chi connectivity index (χ2v) is 4.79. The van der Waals surface area contributed by atoms with E-state index in [2.05, 4.69) is 35.5 Å². The van der Waals surface area contributed by atoms with Crippen LogP contribution in [0.15, 0.2) is 30.5 Å². The van der Waals surface area contributed by atoms with Crippen LogP contribution in [0.4, 0.5) is 0 Å². The first-order valence-electron chi connectivity index (χ1n) is 6.42. The Balaban J connectivity index is 1.99. The van der Waals surface area contributed by atoms with Gasteiger partial charge in [0, 0.05) is 12.6 Å². The van der Waals surface area contributed by atoms with Crippen LogP contribution < -0.4 is 10.1 Å². The minimum atomic E-state index is 0.448. The van der Waals surface area contributed by atoms with Crippen molar-refractivity contribution in [1.82, 2.24) is 20.3 Å². The van der Waals surface area contributed by atoms with Crippen molar-refractivity contribution < 1.29 is 4.74 Å². The normalized spacial score (nSPS) is 10.9. The molecule has 5 heteroatoms. The Bertz CT molecular complexity index is 522. The second kappa shape index (κ2) is 6.33. The predicted octanol–water partition coefficient (Wildman–Crippen LogP) is 1.83. The van der Waals surface area contributed by atoms with Gasteiger partial charge >= 0.3 is 0 Å². The Kier molecular flexibility index (Phi) is 4.52. The SMILES string of the molecule is COc1cccc(Cn2cc(CNC(C)C)nn2)c1. The highest BCUT2D eigenvalue weighted by Crippen LogP contribution is 2.13. The van der Waals surface area contributed by atoms with Crippen LogP contribution in [0.25, 0.3) is 0 Å². The summed E-state index contributed by atoms with van der Waals surface area (Å²) in [5, 5.41) is 11.6. The lowest BCUT2D eigenvalue weighted by Gasteiger charge is -2.05. The molecule has 102 valence electrons. The van der Waals surface area contributed by atoms with Gasteiger partial charge in [-0.15, -0.1) is 5.10 Å². The van der Waals surface area contributed by atoms with Crippen LogP contribution in [-0.2, 0) is 13.1 Å². The van der Waals surface area contributed by atoms with Crippen molar-refractivity contribution in [2.45, 2.75) is 33.0 Å². The molecule has 2 rings (SSSR count). The van der Waals surface area contributed by atoms with Crippen LogP contribution in [0.3, 0.4) is 0 Å². The first kappa shape index (κ1) is 13.5. The topological polar surface area (TPSA) is 52.0 Å². The number of benzene rings is 1. The lowest BCUT2D eigenvalue weighted by Crippen LogP contribution is -2.21. The van der Waals surface area contributed by atoms with Crippen LogP contribution in [0.2, 0.25) is 0 Å². The zero-order valence-corrected chi connectivity index (χ0v) is 11.6. The molecular formula is C14H20N4O. The van der Waals surface area contributed by atoms with Crippen molar-refractivity contribution in [3.05, 3.63) is 41.7 Å². The fourth-order valence-corrected chi connectivity index (χ4v) is 1.76. The molecule has 0 bridgehead atoms. The number of hydrogen-bond acceptors (Lipinski definition) is 4. The molecule has 0 fully saturated rings. The van der Waals surface area contributed by atoms with E-state index in [9.17, 15) is 0 Å². The van der Waals surface area contributed by atoms with Crippen molar-refractivity contribution in [3.8, 4) is 5.75 Å². The fraction of sp³-hybridized carbons (Fsp3) is 0.429. The van der Waals surface area contributed by atoms with E-state index < -0.39 is 0 Å². The summed E-state index contributed by atoms with van der Waals surface area (Å²) in [7, 11) is 1.67. The van der Waals surface area contributed by atoms with Gasteiger partial charge in [-0.05, 0) is 17.7 Å². The highest BCUT2D eigenvalue weighted by atomic mass is 16.5. The van der Waals surface area contributed by atoms with E-state index in [1.54, 1.807) is 7.11 Å². The number of nitrogens with zero attached hydrogens (tertiary/aromatic N) is 3. The van der Waals surface area contributed by atoms with Crippen LogP contribution >= 0.6 is 0 Å². The third-order valence-electron chi connectivity index (χ3n) is 2.76. The molecule has 0 unspecified atom stereocenters. The zero-order valence-electron chi connectivity index (χ0n) is 11.6. The molecular weight excluding hydrogens is 240 g/mol. The minimum Gasteiger partial charge on any atom is -0.497 e. The van der Waals surface area contributed by atoms with Gasteiger partial charge < -0.3 is 10.1 Å². The quantitative estimate of drug-likeness (QED) is 0.861. The van der Waals surface area contributed by atoms with Gasteiger partial charge in [0.05, 0.1) is 25.5 Å². The zero-order chi connectivity index (χ0) is 13.7. The highest BCUT2D eigenvalue weighted by molar-refractivity contribution is 5.28. The van der Waals surface area contributed by atoms with Crippen molar-refractivity contribution in [2.24, 2.45) is 0 Å². The largest absolute Gasteiger partial charge is 0.497 e. The summed E-state index contributed by atoms with van der Waals surface area (Å²) in [6, 6.07) is 8.42. The molecule has 1 N–H and O–H groups in total. The van der Waals surface area contributed by atoms with E-state index in [1.807, 2.05) is 29.1 Å². The molecule has 5 nitrogen and oxygen atoms in total. The first-order chi connectivity index (χ1) is 9.17. The van der Waals surface area contributed by atoms with Gasteiger partial charge in [0.25, 0.3) is 0 Å². The molecule has 1 aromatic carbocycles. The predicted molar refractivity (Wildman–Crippen MR) is 74.1 cm³/mol. The summed E-state index contributed by atoms with van der Waals surface area (Å²) in [6.07, 6.45) is 1.97. The molecule has 0 radical (unpaired) electrons. The summed E-state index contributed by atoms with van der Waals surface area (Å²) in [5.41, 5.74) is 2.10. The number of aromatic nitrogens is 3. The molecule has 1 heterocycles.